The van der Waals surface area contributed by atoms with Crippen molar-refractivity contribution in [2.24, 2.45) is 7.05 Å². The van der Waals surface area contributed by atoms with Crippen molar-refractivity contribution in [1.29, 1.82) is 0 Å². The summed E-state index contributed by atoms with van der Waals surface area (Å²) in [6.07, 6.45) is 3.80. The van der Waals surface area contributed by atoms with E-state index in [2.05, 4.69) is 33.3 Å². The lowest BCUT2D eigenvalue weighted by molar-refractivity contribution is 0.309. The molecule has 0 saturated heterocycles. The zero-order valence-corrected chi connectivity index (χ0v) is 14.4. The second kappa shape index (κ2) is 7.98. The van der Waals surface area contributed by atoms with Crippen LogP contribution in [0.25, 0.3) is 0 Å². The molecule has 0 aliphatic carbocycles. The van der Waals surface area contributed by atoms with Crippen LogP contribution in [0.15, 0.2) is 39.7 Å². The van der Waals surface area contributed by atoms with Crippen LogP contribution in [0.4, 0.5) is 5.69 Å². The number of halogens is 1. The highest BCUT2D eigenvalue weighted by atomic mass is 79.9. The van der Waals surface area contributed by atoms with E-state index in [1.165, 1.54) is 4.68 Å². The Morgan fingerprint density at radius 3 is 3.00 bits per heavy atom. The number of hydrogen-bond acceptors (Lipinski definition) is 4. The second-order valence-electron chi connectivity index (χ2n) is 5.00. The number of aryl methyl sites for hydroxylation is 1. The first-order valence-corrected chi connectivity index (χ1v) is 8.08. The van der Waals surface area contributed by atoms with Gasteiger partial charge in [0.25, 0.3) is 5.56 Å². The topological polar surface area (TPSA) is 56.1 Å². The Morgan fingerprint density at radius 1 is 1.41 bits per heavy atom. The first-order valence-electron chi connectivity index (χ1n) is 7.29. The minimum Gasteiger partial charge on any atom is -0.494 e. The lowest BCUT2D eigenvalue weighted by Gasteiger charge is -2.10. The third-order valence-corrected chi connectivity index (χ3v) is 3.99. The molecule has 0 aliphatic rings. The summed E-state index contributed by atoms with van der Waals surface area (Å²) >= 11 is 3.30. The van der Waals surface area contributed by atoms with E-state index in [0.29, 0.717) is 16.7 Å². The predicted molar refractivity (Wildman–Crippen MR) is 91.3 cm³/mol. The molecule has 0 radical (unpaired) electrons. The Kier molecular flexibility index (Phi) is 6.00. The van der Waals surface area contributed by atoms with Crippen molar-refractivity contribution >= 4 is 21.6 Å². The molecule has 1 heterocycles. The van der Waals surface area contributed by atoms with Crippen LogP contribution < -0.4 is 15.6 Å². The zero-order chi connectivity index (χ0) is 15.9. The third-order valence-electron chi connectivity index (χ3n) is 3.23. The highest BCUT2D eigenvalue weighted by molar-refractivity contribution is 9.10. The second-order valence-corrected chi connectivity index (χ2v) is 5.80. The Morgan fingerprint density at radius 2 is 2.23 bits per heavy atom. The van der Waals surface area contributed by atoms with Crippen molar-refractivity contribution in [2.45, 2.75) is 26.3 Å². The molecule has 1 N–H and O–H groups in total. The summed E-state index contributed by atoms with van der Waals surface area (Å²) in [5.41, 5.74) is 1.60. The molecule has 0 aliphatic heterocycles. The minimum atomic E-state index is -0.165. The average molecular weight is 366 g/mol. The number of benzene rings is 1. The highest BCUT2D eigenvalue weighted by Crippen LogP contribution is 2.19. The number of aromatic nitrogens is 2. The van der Waals surface area contributed by atoms with Gasteiger partial charge in [0.15, 0.2) is 0 Å². The van der Waals surface area contributed by atoms with Crippen LogP contribution >= 0.6 is 15.9 Å². The first kappa shape index (κ1) is 16.5. The van der Waals surface area contributed by atoms with Crippen molar-refractivity contribution in [3.63, 3.8) is 0 Å². The molecule has 0 amide bonds. The normalized spacial score (nSPS) is 10.5. The van der Waals surface area contributed by atoms with E-state index in [1.807, 2.05) is 24.3 Å². The maximum Gasteiger partial charge on any atom is 0.282 e. The van der Waals surface area contributed by atoms with Gasteiger partial charge in [-0.1, -0.05) is 25.5 Å². The molecule has 0 atom stereocenters. The summed E-state index contributed by atoms with van der Waals surface area (Å²) in [5.74, 6) is 0.869. The van der Waals surface area contributed by atoms with Gasteiger partial charge in [-0.3, -0.25) is 4.79 Å². The molecule has 0 bridgehead atoms. The minimum absolute atomic E-state index is 0.165. The predicted octanol–water partition coefficient (Wildman–Crippen LogP) is 3.33. The maximum absolute atomic E-state index is 11.8. The Labute approximate surface area is 138 Å². The third kappa shape index (κ3) is 4.34. The number of nitrogens with one attached hydrogen (secondary N) is 1. The number of ether oxygens (including phenoxy) is 1. The Bertz CT molecular complexity index is 685. The molecule has 22 heavy (non-hydrogen) atoms. The fourth-order valence-corrected chi connectivity index (χ4v) is 2.41. The van der Waals surface area contributed by atoms with Gasteiger partial charge < -0.3 is 10.1 Å². The van der Waals surface area contributed by atoms with E-state index < -0.39 is 0 Å². The first-order chi connectivity index (χ1) is 10.6. The van der Waals surface area contributed by atoms with Crippen LogP contribution in [0.2, 0.25) is 0 Å². The molecule has 1 aromatic carbocycles. The monoisotopic (exact) mass is 365 g/mol. The van der Waals surface area contributed by atoms with E-state index in [4.69, 9.17) is 4.74 Å². The summed E-state index contributed by atoms with van der Waals surface area (Å²) in [5, 5.41) is 7.22. The molecular formula is C16H20BrN3O2. The molecule has 2 aromatic rings. The lowest BCUT2D eigenvalue weighted by atomic mass is 10.2. The van der Waals surface area contributed by atoms with Gasteiger partial charge in [-0.2, -0.15) is 5.10 Å². The Hall–Kier alpha value is -1.82. The van der Waals surface area contributed by atoms with E-state index in [-0.39, 0.29) is 5.56 Å². The van der Waals surface area contributed by atoms with Crippen LogP contribution in [0.3, 0.4) is 0 Å². The lowest BCUT2D eigenvalue weighted by Crippen LogP contribution is -2.21. The van der Waals surface area contributed by atoms with Crippen molar-refractivity contribution in [1.82, 2.24) is 9.78 Å². The van der Waals surface area contributed by atoms with Crippen LogP contribution in [0, 0.1) is 0 Å². The van der Waals surface area contributed by atoms with Gasteiger partial charge in [0.05, 0.1) is 18.5 Å². The van der Waals surface area contributed by atoms with E-state index in [0.717, 1.165) is 30.8 Å². The van der Waals surface area contributed by atoms with Gasteiger partial charge in [-0.25, -0.2) is 4.68 Å². The van der Waals surface area contributed by atoms with Crippen LogP contribution in [-0.4, -0.2) is 16.4 Å². The number of unbranched alkanes of at least 4 members (excludes halogenated alkanes) is 1. The van der Waals surface area contributed by atoms with Crippen molar-refractivity contribution in [3.8, 4) is 5.75 Å². The summed E-state index contributed by atoms with van der Waals surface area (Å²) < 4.78 is 7.47. The molecule has 6 heteroatoms. The molecular weight excluding hydrogens is 346 g/mol. The summed E-state index contributed by atoms with van der Waals surface area (Å²) in [6, 6.07) is 7.94. The van der Waals surface area contributed by atoms with Crippen LogP contribution in [0.1, 0.15) is 25.3 Å². The quantitative estimate of drug-likeness (QED) is 0.764. The Balaban J connectivity index is 2.01. The fourth-order valence-electron chi connectivity index (χ4n) is 1.91. The molecule has 1 aromatic heterocycles. The van der Waals surface area contributed by atoms with Crippen molar-refractivity contribution in [2.75, 3.05) is 11.9 Å². The SMILES string of the molecule is CCCCOc1cccc(CNc2cnn(C)c(=O)c2Br)c1. The van der Waals surface area contributed by atoms with E-state index >= 15 is 0 Å². The summed E-state index contributed by atoms with van der Waals surface area (Å²) in [6.45, 7) is 3.47. The maximum atomic E-state index is 11.8. The fraction of sp³-hybridized carbons (Fsp3) is 0.375. The van der Waals surface area contributed by atoms with E-state index in [9.17, 15) is 4.79 Å². The standard InChI is InChI=1S/C16H20BrN3O2/c1-3-4-8-22-13-7-5-6-12(9-13)10-18-14-11-19-20(2)16(21)15(14)17/h5-7,9,11,18H,3-4,8,10H2,1-2H3. The smallest absolute Gasteiger partial charge is 0.282 e. The molecule has 0 spiro atoms. The zero-order valence-electron chi connectivity index (χ0n) is 12.8. The van der Waals surface area contributed by atoms with Crippen LogP contribution in [-0.2, 0) is 13.6 Å². The number of anilines is 1. The average Bonchev–Trinajstić information content (AvgIpc) is 2.53. The van der Waals surface area contributed by atoms with Gasteiger partial charge in [-0.15, -0.1) is 0 Å². The van der Waals surface area contributed by atoms with Gasteiger partial charge in [0.2, 0.25) is 0 Å². The van der Waals surface area contributed by atoms with Gasteiger partial charge in [0.1, 0.15) is 10.2 Å². The number of nitrogens with zero attached hydrogens (tertiary/aromatic N) is 2. The number of rotatable bonds is 7. The molecule has 0 unspecified atom stereocenters. The molecule has 118 valence electrons. The molecule has 5 nitrogen and oxygen atoms in total. The van der Waals surface area contributed by atoms with Gasteiger partial charge in [-0.05, 0) is 40.0 Å². The summed E-state index contributed by atoms with van der Waals surface area (Å²) in [4.78, 5) is 11.8. The molecule has 2 rings (SSSR count). The molecule has 0 fully saturated rings. The van der Waals surface area contributed by atoms with Crippen molar-refractivity contribution < 1.29 is 4.74 Å². The van der Waals surface area contributed by atoms with Gasteiger partial charge in [0, 0.05) is 13.6 Å². The van der Waals surface area contributed by atoms with Gasteiger partial charge >= 0.3 is 0 Å². The molecule has 0 saturated carbocycles. The van der Waals surface area contributed by atoms with Crippen LogP contribution in [0.5, 0.6) is 5.75 Å². The van der Waals surface area contributed by atoms with E-state index in [1.54, 1.807) is 13.2 Å². The largest absolute Gasteiger partial charge is 0.494 e. The highest BCUT2D eigenvalue weighted by Gasteiger charge is 2.06. The van der Waals surface area contributed by atoms with Crippen molar-refractivity contribution in [3.05, 3.63) is 50.9 Å². The summed E-state index contributed by atoms with van der Waals surface area (Å²) in [7, 11) is 1.62. The number of hydrogen-bond donors (Lipinski definition) is 1.